The Morgan fingerprint density at radius 3 is 2.31 bits per heavy atom. The van der Waals surface area contributed by atoms with E-state index in [-0.39, 0.29) is 5.91 Å². The number of benzene rings is 2. The molecule has 0 radical (unpaired) electrons. The quantitative estimate of drug-likeness (QED) is 0.636. The van der Waals surface area contributed by atoms with Crippen molar-refractivity contribution in [2.45, 2.75) is 57.5 Å². The van der Waals surface area contributed by atoms with Crippen molar-refractivity contribution in [3.8, 4) is 6.07 Å². The number of sulfonamides is 1. The highest BCUT2D eigenvalue weighted by molar-refractivity contribution is 7.89. The second-order valence-corrected chi connectivity index (χ2v) is 11.6. The number of carbonyl (C=O) groups is 1. The minimum absolute atomic E-state index is 0.0753. The van der Waals surface area contributed by atoms with E-state index in [0.29, 0.717) is 42.9 Å². The van der Waals surface area contributed by atoms with Gasteiger partial charge in [0.25, 0.3) is 0 Å². The lowest BCUT2D eigenvalue weighted by atomic mass is 10.1. The van der Waals surface area contributed by atoms with Crippen molar-refractivity contribution in [3.05, 3.63) is 64.2 Å². The molecule has 0 saturated carbocycles. The van der Waals surface area contributed by atoms with Crippen LogP contribution < -0.4 is 0 Å². The fourth-order valence-electron chi connectivity index (χ4n) is 5.47. The minimum atomic E-state index is -3.76. The van der Waals surface area contributed by atoms with Gasteiger partial charge in [-0.1, -0.05) is 29.8 Å². The van der Waals surface area contributed by atoms with E-state index in [4.69, 9.17) is 5.26 Å². The molecule has 0 spiro atoms. The Labute approximate surface area is 209 Å². The topological polar surface area (TPSA) is 84.7 Å². The zero-order valence-electron chi connectivity index (χ0n) is 20.8. The van der Waals surface area contributed by atoms with Crippen molar-refractivity contribution >= 4 is 15.9 Å². The van der Waals surface area contributed by atoms with Crippen molar-refractivity contribution in [2.24, 2.45) is 0 Å². The SMILES string of the molecule is Cc1cc(C)c(S(=O)(=O)N2CCCC2C(=O)N2CCCN(Cc3ccc(C#N)cc3)CC2)c(C)c1. The summed E-state index contributed by atoms with van der Waals surface area (Å²) in [5, 5.41) is 8.99. The van der Waals surface area contributed by atoms with Crippen LogP contribution >= 0.6 is 0 Å². The summed E-state index contributed by atoms with van der Waals surface area (Å²) in [6, 6.07) is 12.9. The third kappa shape index (κ3) is 5.43. The summed E-state index contributed by atoms with van der Waals surface area (Å²) >= 11 is 0. The summed E-state index contributed by atoms with van der Waals surface area (Å²) in [5.41, 5.74) is 4.28. The number of hydrogen-bond donors (Lipinski definition) is 0. The highest BCUT2D eigenvalue weighted by Crippen LogP contribution is 2.31. The fraction of sp³-hybridized carbons (Fsp3) is 0.481. The lowest BCUT2D eigenvalue weighted by molar-refractivity contribution is -0.134. The van der Waals surface area contributed by atoms with Crippen molar-refractivity contribution in [2.75, 3.05) is 32.7 Å². The number of aryl methyl sites for hydroxylation is 3. The summed E-state index contributed by atoms with van der Waals surface area (Å²) in [7, 11) is -3.76. The second kappa shape index (κ2) is 10.5. The van der Waals surface area contributed by atoms with Gasteiger partial charge in [0.2, 0.25) is 15.9 Å². The van der Waals surface area contributed by atoms with Gasteiger partial charge in [0.05, 0.1) is 16.5 Å². The molecule has 8 heteroatoms. The molecule has 1 unspecified atom stereocenters. The number of nitrogens with zero attached hydrogens (tertiary/aromatic N) is 4. The van der Waals surface area contributed by atoms with Crippen molar-refractivity contribution in [3.63, 3.8) is 0 Å². The molecule has 2 aromatic rings. The molecular formula is C27H34N4O3S. The van der Waals surface area contributed by atoms with Crippen LogP contribution in [-0.2, 0) is 21.4 Å². The van der Waals surface area contributed by atoms with Crippen LogP contribution in [0.4, 0.5) is 0 Å². The fourth-order valence-corrected chi connectivity index (χ4v) is 7.53. The maximum absolute atomic E-state index is 13.7. The summed E-state index contributed by atoms with van der Waals surface area (Å²) in [6.07, 6.45) is 2.10. The van der Waals surface area contributed by atoms with E-state index in [1.807, 2.05) is 62.1 Å². The first-order chi connectivity index (χ1) is 16.7. The standard InChI is InChI=1S/C27H34N4O3S/c1-20-16-21(2)26(22(3)17-20)35(33,34)31-13-4-6-25(31)27(32)30-12-5-11-29(14-15-30)19-24-9-7-23(18-28)8-10-24/h7-10,16-17,25H,4-6,11-15,19H2,1-3H3. The van der Waals surface area contributed by atoms with E-state index in [9.17, 15) is 13.2 Å². The Morgan fingerprint density at radius 1 is 0.971 bits per heavy atom. The third-order valence-electron chi connectivity index (χ3n) is 7.05. The lowest BCUT2D eigenvalue weighted by Crippen LogP contribution is -2.48. The summed E-state index contributed by atoms with van der Waals surface area (Å²) in [6.45, 7) is 9.60. The molecule has 2 aliphatic heterocycles. The van der Waals surface area contributed by atoms with Gasteiger partial charge in [0.15, 0.2) is 0 Å². The van der Waals surface area contributed by atoms with E-state index in [1.165, 1.54) is 4.31 Å². The van der Waals surface area contributed by atoms with Crippen LogP contribution in [0, 0.1) is 32.1 Å². The number of hydrogen-bond acceptors (Lipinski definition) is 5. The highest BCUT2D eigenvalue weighted by Gasteiger charge is 2.42. The van der Waals surface area contributed by atoms with Gasteiger partial charge in [0.1, 0.15) is 6.04 Å². The maximum Gasteiger partial charge on any atom is 0.244 e. The van der Waals surface area contributed by atoms with Crippen molar-refractivity contribution in [1.82, 2.24) is 14.1 Å². The van der Waals surface area contributed by atoms with Crippen LogP contribution in [0.1, 0.15) is 47.1 Å². The van der Waals surface area contributed by atoms with Crippen LogP contribution in [0.5, 0.6) is 0 Å². The Morgan fingerprint density at radius 2 is 1.66 bits per heavy atom. The van der Waals surface area contributed by atoms with Crippen LogP contribution in [0.15, 0.2) is 41.3 Å². The first-order valence-corrected chi connectivity index (χ1v) is 13.7. The molecule has 2 aliphatic rings. The van der Waals surface area contributed by atoms with Gasteiger partial charge in [-0.2, -0.15) is 9.57 Å². The van der Waals surface area contributed by atoms with Crippen molar-refractivity contribution in [1.29, 1.82) is 5.26 Å². The first-order valence-electron chi connectivity index (χ1n) is 12.3. The molecule has 35 heavy (non-hydrogen) atoms. The highest BCUT2D eigenvalue weighted by atomic mass is 32.2. The van der Waals surface area contributed by atoms with E-state index in [1.54, 1.807) is 0 Å². The van der Waals surface area contributed by atoms with Crippen molar-refractivity contribution < 1.29 is 13.2 Å². The molecule has 0 aromatic heterocycles. The molecule has 2 saturated heterocycles. The summed E-state index contributed by atoms with van der Waals surface area (Å²) < 4.78 is 28.8. The average molecular weight is 495 g/mol. The van der Waals surface area contributed by atoms with Crippen LogP contribution in [0.2, 0.25) is 0 Å². The average Bonchev–Trinajstić information content (AvgIpc) is 3.20. The van der Waals surface area contributed by atoms with E-state index >= 15 is 0 Å². The zero-order valence-corrected chi connectivity index (χ0v) is 21.6. The zero-order chi connectivity index (χ0) is 25.2. The van der Waals surface area contributed by atoms with Gasteiger partial charge in [0, 0.05) is 39.3 Å². The van der Waals surface area contributed by atoms with Crippen LogP contribution in [0.25, 0.3) is 0 Å². The lowest BCUT2D eigenvalue weighted by Gasteiger charge is -2.30. The molecule has 186 valence electrons. The minimum Gasteiger partial charge on any atom is -0.340 e. The Bertz CT molecular complexity index is 1210. The Hall–Kier alpha value is -2.73. The molecule has 1 amide bonds. The molecule has 0 aliphatic carbocycles. The van der Waals surface area contributed by atoms with Gasteiger partial charge in [-0.05, 0) is 68.9 Å². The second-order valence-electron chi connectivity index (χ2n) is 9.77. The third-order valence-corrected chi connectivity index (χ3v) is 9.26. The molecule has 0 N–H and O–H groups in total. The van der Waals surface area contributed by atoms with Gasteiger partial charge in [-0.15, -0.1) is 0 Å². The Kier molecular flexibility index (Phi) is 7.60. The maximum atomic E-state index is 13.7. The number of rotatable bonds is 5. The van der Waals surface area contributed by atoms with Gasteiger partial charge in [-0.25, -0.2) is 8.42 Å². The van der Waals surface area contributed by atoms with E-state index in [0.717, 1.165) is 48.3 Å². The summed E-state index contributed by atoms with van der Waals surface area (Å²) in [4.78, 5) is 18.1. The first kappa shape index (κ1) is 25.4. The van der Waals surface area contributed by atoms with E-state index < -0.39 is 16.1 Å². The van der Waals surface area contributed by atoms with Gasteiger partial charge in [-0.3, -0.25) is 9.69 Å². The predicted octanol–water partition coefficient (Wildman–Crippen LogP) is 3.37. The predicted molar refractivity (Wildman–Crippen MR) is 135 cm³/mol. The number of carbonyl (C=O) groups excluding carboxylic acids is 1. The van der Waals surface area contributed by atoms with Gasteiger partial charge < -0.3 is 4.90 Å². The van der Waals surface area contributed by atoms with E-state index in [2.05, 4.69) is 11.0 Å². The molecule has 2 fully saturated rings. The summed E-state index contributed by atoms with van der Waals surface area (Å²) in [5.74, 6) is -0.0753. The Balaban J connectivity index is 1.45. The molecule has 4 rings (SSSR count). The molecule has 0 bridgehead atoms. The number of nitriles is 1. The normalized spacial score (nSPS) is 19.9. The van der Waals surface area contributed by atoms with Crippen LogP contribution in [-0.4, -0.2) is 67.2 Å². The molecule has 7 nitrogen and oxygen atoms in total. The molecule has 1 atom stereocenters. The monoisotopic (exact) mass is 494 g/mol. The smallest absolute Gasteiger partial charge is 0.244 e. The molecular weight excluding hydrogens is 460 g/mol. The van der Waals surface area contributed by atoms with Crippen LogP contribution in [0.3, 0.4) is 0 Å². The molecule has 2 heterocycles. The van der Waals surface area contributed by atoms with Gasteiger partial charge >= 0.3 is 0 Å². The molecule has 2 aromatic carbocycles. The largest absolute Gasteiger partial charge is 0.340 e. The number of amides is 1.